The average Bonchev–Trinajstić information content (AvgIpc) is 3.34. The first kappa shape index (κ1) is 24.9. The minimum Gasteiger partial charge on any atom is -0.322 e. The van der Waals surface area contributed by atoms with Crippen molar-refractivity contribution in [2.24, 2.45) is 4.99 Å². The SMILES string of the molecule is CCn1nc(C)c(/C=c2/sc3n(c2=O)C(c2ccc(Cl)cc2)C(C(=O)Nc2ccccc2)=C(C)N=3)c1C. The molecule has 2 aromatic heterocycles. The van der Waals surface area contributed by atoms with Crippen molar-refractivity contribution in [2.45, 2.75) is 40.3 Å². The molecule has 0 bridgehead atoms. The van der Waals surface area contributed by atoms with Gasteiger partial charge in [0.25, 0.3) is 11.5 Å². The number of thiazole rings is 1. The van der Waals surface area contributed by atoms with Gasteiger partial charge in [-0.05, 0) is 63.6 Å². The Kier molecular flexibility index (Phi) is 6.70. The lowest BCUT2D eigenvalue weighted by molar-refractivity contribution is -0.113. The number of fused-ring (bicyclic) bond motifs is 1. The number of amides is 1. The van der Waals surface area contributed by atoms with Crippen LogP contribution < -0.4 is 20.2 Å². The zero-order valence-electron chi connectivity index (χ0n) is 20.9. The van der Waals surface area contributed by atoms with Crippen LogP contribution in [0.4, 0.5) is 5.69 Å². The van der Waals surface area contributed by atoms with Crippen LogP contribution in [0, 0.1) is 13.8 Å². The van der Waals surface area contributed by atoms with Gasteiger partial charge < -0.3 is 5.32 Å². The van der Waals surface area contributed by atoms with Gasteiger partial charge in [-0.25, -0.2) is 4.99 Å². The van der Waals surface area contributed by atoms with Crippen LogP contribution in [0.15, 0.2) is 75.7 Å². The van der Waals surface area contributed by atoms with E-state index in [9.17, 15) is 9.59 Å². The normalized spacial score (nSPS) is 15.5. The van der Waals surface area contributed by atoms with Gasteiger partial charge in [0, 0.05) is 28.5 Å². The van der Waals surface area contributed by atoms with Crippen LogP contribution in [-0.2, 0) is 11.3 Å². The molecule has 0 aliphatic carbocycles. The third-order valence-corrected chi connectivity index (χ3v) is 7.73. The van der Waals surface area contributed by atoms with Gasteiger partial charge in [-0.2, -0.15) is 5.10 Å². The molecule has 3 heterocycles. The van der Waals surface area contributed by atoms with Gasteiger partial charge in [0.05, 0.1) is 27.5 Å². The molecule has 7 nitrogen and oxygen atoms in total. The number of aryl methyl sites for hydroxylation is 2. The largest absolute Gasteiger partial charge is 0.322 e. The zero-order chi connectivity index (χ0) is 26.3. The maximum absolute atomic E-state index is 13.9. The standard InChI is InChI=1S/C28H26ClN5O2S/c1-5-33-18(4)22(16(2)32-33)15-23-27(36)34-25(19-11-13-20(29)14-12-19)24(17(3)30-28(34)37-23)26(35)31-21-9-7-6-8-10-21/h6-15,25H,5H2,1-4H3,(H,31,35)/b23-15+. The second-order valence-corrected chi connectivity index (χ2v) is 10.3. The molecule has 1 N–H and O–H groups in total. The van der Waals surface area contributed by atoms with E-state index in [1.54, 1.807) is 23.6 Å². The second kappa shape index (κ2) is 9.95. The van der Waals surface area contributed by atoms with Crippen molar-refractivity contribution in [2.75, 3.05) is 5.32 Å². The Morgan fingerprint density at radius 2 is 1.81 bits per heavy atom. The van der Waals surface area contributed by atoms with Crippen LogP contribution in [0.3, 0.4) is 0 Å². The third-order valence-electron chi connectivity index (χ3n) is 6.50. The van der Waals surface area contributed by atoms with Crippen molar-refractivity contribution in [3.05, 3.63) is 113 Å². The highest BCUT2D eigenvalue weighted by atomic mass is 35.5. The molecule has 37 heavy (non-hydrogen) atoms. The Morgan fingerprint density at radius 3 is 2.46 bits per heavy atom. The summed E-state index contributed by atoms with van der Waals surface area (Å²) in [6.07, 6.45) is 1.88. The summed E-state index contributed by atoms with van der Waals surface area (Å²) in [7, 11) is 0. The quantitative estimate of drug-likeness (QED) is 0.415. The molecular weight excluding hydrogens is 506 g/mol. The number of anilines is 1. The number of nitrogens with zero attached hydrogens (tertiary/aromatic N) is 4. The first-order chi connectivity index (χ1) is 17.8. The van der Waals surface area contributed by atoms with Gasteiger partial charge in [0.2, 0.25) is 0 Å². The van der Waals surface area contributed by atoms with Crippen molar-refractivity contribution in [1.29, 1.82) is 0 Å². The van der Waals surface area contributed by atoms with E-state index in [0.717, 1.165) is 29.1 Å². The highest BCUT2D eigenvalue weighted by Gasteiger charge is 2.32. The Labute approximate surface area is 223 Å². The van der Waals surface area contributed by atoms with Crippen molar-refractivity contribution in [1.82, 2.24) is 14.3 Å². The number of allylic oxidation sites excluding steroid dienone is 1. The van der Waals surface area contributed by atoms with Crippen molar-refractivity contribution >= 4 is 40.6 Å². The fourth-order valence-electron chi connectivity index (χ4n) is 4.65. The molecule has 0 radical (unpaired) electrons. The summed E-state index contributed by atoms with van der Waals surface area (Å²) in [5.74, 6) is -0.308. The fraction of sp³-hybridized carbons (Fsp3) is 0.214. The molecule has 1 aliphatic rings. The van der Waals surface area contributed by atoms with Crippen LogP contribution in [0.2, 0.25) is 5.02 Å². The maximum Gasteiger partial charge on any atom is 0.271 e. The van der Waals surface area contributed by atoms with Crippen molar-refractivity contribution < 1.29 is 4.79 Å². The van der Waals surface area contributed by atoms with Gasteiger partial charge in [-0.1, -0.05) is 53.3 Å². The molecule has 1 atom stereocenters. The van der Waals surface area contributed by atoms with E-state index < -0.39 is 6.04 Å². The van der Waals surface area contributed by atoms with Gasteiger partial charge in [0.1, 0.15) is 0 Å². The first-order valence-electron chi connectivity index (χ1n) is 12.0. The number of nitrogens with one attached hydrogen (secondary N) is 1. The minimum atomic E-state index is -0.653. The maximum atomic E-state index is 13.9. The number of hydrogen-bond donors (Lipinski definition) is 1. The average molecular weight is 532 g/mol. The summed E-state index contributed by atoms with van der Waals surface area (Å²) in [4.78, 5) is 32.7. The fourth-order valence-corrected chi connectivity index (χ4v) is 5.81. The number of carbonyl (C=O) groups is 1. The van der Waals surface area contributed by atoms with Crippen LogP contribution in [0.5, 0.6) is 0 Å². The van der Waals surface area contributed by atoms with Crippen LogP contribution in [-0.4, -0.2) is 20.3 Å². The summed E-state index contributed by atoms with van der Waals surface area (Å²) < 4.78 is 4.07. The number of para-hydroxylation sites is 1. The number of aromatic nitrogens is 3. The smallest absolute Gasteiger partial charge is 0.271 e. The van der Waals surface area contributed by atoms with E-state index in [0.29, 0.717) is 31.3 Å². The molecular formula is C28H26ClN5O2S. The summed E-state index contributed by atoms with van der Waals surface area (Å²) >= 11 is 7.48. The summed E-state index contributed by atoms with van der Waals surface area (Å²) in [5.41, 5.74) is 4.99. The van der Waals surface area contributed by atoms with Gasteiger partial charge >= 0.3 is 0 Å². The predicted molar refractivity (Wildman–Crippen MR) is 148 cm³/mol. The Balaban J connectivity index is 1.69. The lowest BCUT2D eigenvalue weighted by Gasteiger charge is -2.25. The number of halogens is 1. The van der Waals surface area contributed by atoms with Crippen molar-refractivity contribution in [3.8, 4) is 0 Å². The molecule has 188 valence electrons. The highest BCUT2D eigenvalue weighted by molar-refractivity contribution is 7.07. The van der Waals surface area contributed by atoms with Gasteiger partial charge in [-0.15, -0.1) is 0 Å². The molecule has 5 rings (SSSR count). The molecule has 0 spiro atoms. The molecule has 0 saturated carbocycles. The van der Waals surface area contributed by atoms with E-state index in [1.807, 2.05) is 74.0 Å². The number of rotatable bonds is 5. The molecule has 1 unspecified atom stereocenters. The van der Waals surface area contributed by atoms with E-state index in [4.69, 9.17) is 16.6 Å². The molecule has 1 amide bonds. The molecule has 4 aromatic rings. The first-order valence-corrected chi connectivity index (χ1v) is 13.2. The van der Waals surface area contributed by atoms with Crippen molar-refractivity contribution in [3.63, 3.8) is 0 Å². The number of benzene rings is 2. The van der Waals surface area contributed by atoms with Gasteiger partial charge in [-0.3, -0.25) is 18.8 Å². The van der Waals surface area contributed by atoms with E-state index in [-0.39, 0.29) is 11.5 Å². The monoisotopic (exact) mass is 531 g/mol. The summed E-state index contributed by atoms with van der Waals surface area (Å²) in [6.45, 7) is 8.53. The molecule has 9 heteroatoms. The summed E-state index contributed by atoms with van der Waals surface area (Å²) in [5, 5.41) is 8.11. The lowest BCUT2D eigenvalue weighted by atomic mass is 9.95. The van der Waals surface area contributed by atoms with E-state index in [2.05, 4.69) is 10.4 Å². The molecule has 2 aromatic carbocycles. The zero-order valence-corrected chi connectivity index (χ0v) is 22.5. The Hall–Kier alpha value is -3.75. The second-order valence-electron chi connectivity index (χ2n) is 8.85. The Morgan fingerprint density at radius 1 is 1.11 bits per heavy atom. The van der Waals surface area contributed by atoms with Crippen LogP contribution in [0.25, 0.3) is 6.08 Å². The van der Waals surface area contributed by atoms with E-state index >= 15 is 0 Å². The van der Waals surface area contributed by atoms with Crippen LogP contribution >= 0.6 is 22.9 Å². The molecule has 0 saturated heterocycles. The third kappa shape index (κ3) is 4.58. The van der Waals surface area contributed by atoms with E-state index in [1.165, 1.54) is 11.3 Å². The van der Waals surface area contributed by atoms with Crippen LogP contribution in [0.1, 0.15) is 42.4 Å². The lowest BCUT2D eigenvalue weighted by Crippen LogP contribution is -2.40. The number of hydrogen-bond acceptors (Lipinski definition) is 5. The predicted octanol–water partition coefficient (Wildman–Crippen LogP) is 4.36. The molecule has 0 fully saturated rings. The minimum absolute atomic E-state index is 0.204. The Bertz CT molecular complexity index is 1710. The molecule has 1 aliphatic heterocycles. The summed E-state index contributed by atoms with van der Waals surface area (Å²) in [6, 6.07) is 15.8. The number of carbonyl (C=O) groups excluding carboxylic acids is 1. The topological polar surface area (TPSA) is 81.3 Å². The van der Waals surface area contributed by atoms with Gasteiger partial charge in [0.15, 0.2) is 4.80 Å². The highest BCUT2D eigenvalue weighted by Crippen LogP contribution is 2.31.